The van der Waals surface area contributed by atoms with E-state index in [9.17, 15) is 18.4 Å². The molecular weight excluding hydrogens is 170 g/mol. The van der Waals surface area contributed by atoms with Crippen molar-refractivity contribution in [2.75, 3.05) is 6.67 Å². The van der Waals surface area contributed by atoms with Crippen molar-refractivity contribution < 1.29 is 23.1 Å². The summed E-state index contributed by atoms with van der Waals surface area (Å²) in [6.45, 7) is 1.52. The van der Waals surface area contributed by atoms with E-state index in [1.54, 1.807) is 0 Å². The van der Waals surface area contributed by atoms with Crippen LogP contribution in [-0.4, -0.2) is 30.7 Å². The zero-order chi connectivity index (χ0) is 9.72. The van der Waals surface area contributed by atoms with Crippen molar-refractivity contribution in [3.8, 4) is 0 Å². The monoisotopic (exact) mass is 180 g/mol. The fourth-order valence-corrected chi connectivity index (χ4v) is 0.491. The second-order valence-corrected chi connectivity index (χ2v) is 2.45. The number of carbonyl (C=O) groups is 2. The molecule has 0 amide bonds. The van der Waals surface area contributed by atoms with Crippen LogP contribution < -0.4 is 0 Å². The normalized spacial score (nSPS) is 12.8. The van der Waals surface area contributed by atoms with Crippen LogP contribution in [0.4, 0.5) is 8.78 Å². The number of rotatable bonds is 4. The molecule has 0 aromatic carbocycles. The molecule has 0 fully saturated rings. The quantitative estimate of drug-likeness (QED) is 0.475. The van der Waals surface area contributed by atoms with Crippen molar-refractivity contribution in [1.82, 2.24) is 0 Å². The molecule has 0 saturated carbocycles. The van der Waals surface area contributed by atoms with Gasteiger partial charge in [0.25, 0.3) is 6.17 Å². The number of Topliss-reactive ketones (excluding diaryl/α,β-unsaturated/α-hetero) is 1. The summed E-state index contributed by atoms with van der Waals surface area (Å²) in [5.74, 6) is -2.73. The van der Waals surface area contributed by atoms with Crippen molar-refractivity contribution in [3.05, 3.63) is 0 Å². The lowest BCUT2D eigenvalue weighted by atomic mass is 10.3. The molecule has 1 unspecified atom stereocenters. The van der Waals surface area contributed by atoms with E-state index in [2.05, 4.69) is 4.74 Å². The largest absolute Gasteiger partial charge is 0.460 e. The number of hydrogen-bond acceptors (Lipinski definition) is 3. The number of halogens is 2. The molecule has 0 heterocycles. The average molecular weight is 180 g/mol. The predicted octanol–water partition coefficient (Wildman–Crippen LogP) is 0.815. The van der Waals surface area contributed by atoms with E-state index in [1.165, 1.54) is 13.8 Å². The molecule has 0 aromatic rings. The molecule has 5 heteroatoms. The van der Waals surface area contributed by atoms with Crippen molar-refractivity contribution in [1.29, 1.82) is 0 Å². The fourth-order valence-electron chi connectivity index (χ4n) is 0.491. The van der Waals surface area contributed by atoms with Gasteiger partial charge in [-0.1, -0.05) is 0 Å². The summed E-state index contributed by atoms with van der Waals surface area (Å²) in [5, 5.41) is 0. The van der Waals surface area contributed by atoms with E-state index in [0.717, 1.165) is 0 Å². The molecule has 0 rings (SSSR count). The van der Waals surface area contributed by atoms with Crippen molar-refractivity contribution in [2.24, 2.45) is 0 Å². The lowest BCUT2D eigenvalue weighted by Gasteiger charge is -2.08. The van der Waals surface area contributed by atoms with Gasteiger partial charge in [-0.05, 0) is 13.8 Å². The van der Waals surface area contributed by atoms with Gasteiger partial charge >= 0.3 is 5.97 Å². The maximum atomic E-state index is 12.5. The van der Waals surface area contributed by atoms with Gasteiger partial charge < -0.3 is 4.74 Å². The number of carbonyl (C=O) groups excluding carboxylic acids is 2. The van der Waals surface area contributed by atoms with Crippen LogP contribution in [0.5, 0.6) is 0 Å². The molecule has 0 N–H and O–H groups in total. The highest BCUT2D eigenvalue weighted by molar-refractivity contribution is 6.02. The van der Waals surface area contributed by atoms with Gasteiger partial charge in [-0.15, -0.1) is 0 Å². The molecule has 0 bridgehead atoms. The summed E-state index contributed by atoms with van der Waals surface area (Å²) in [5.41, 5.74) is 0. The van der Waals surface area contributed by atoms with Crippen LogP contribution in [0.15, 0.2) is 0 Å². The van der Waals surface area contributed by atoms with Crippen LogP contribution in [0.2, 0.25) is 0 Å². The van der Waals surface area contributed by atoms with Crippen molar-refractivity contribution in [2.45, 2.75) is 26.1 Å². The van der Waals surface area contributed by atoms with E-state index < -0.39 is 30.7 Å². The highest BCUT2D eigenvalue weighted by atomic mass is 19.1. The Kier molecular flexibility index (Phi) is 4.39. The average Bonchev–Trinajstić information content (AvgIpc) is 2.00. The first-order chi connectivity index (χ1) is 5.49. The van der Waals surface area contributed by atoms with Crippen molar-refractivity contribution in [3.63, 3.8) is 0 Å². The maximum absolute atomic E-state index is 12.5. The predicted molar refractivity (Wildman–Crippen MR) is 37.1 cm³/mol. The summed E-state index contributed by atoms with van der Waals surface area (Å²) in [6, 6.07) is 0. The molecule has 0 aliphatic carbocycles. The third kappa shape index (κ3) is 3.41. The Morgan fingerprint density at radius 1 is 1.42 bits per heavy atom. The third-order valence-corrected chi connectivity index (χ3v) is 0.973. The first-order valence-corrected chi connectivity index (χ1v) is 3.42. The Morgan fingerprint density at radius 2 is 1.92 bits per heavy atom. The molecule has 0 spiro atoms. The van der Waals surface area contributed by atoms with Gasteiger partial charge in [0.2, 0.25) is 5.78 Å². The van der Waals surface area contributed by atoms with Crippen LogP contribution in [0, 0.1) is 0 Å². The lowest BCUT2D eigenvalue weighted by molar-refractivity contribution is -0.156. The summed E-state index contributed by atoms with van der Waals surface area (Å²) >= 11 is 0. The number of hydrogen-bond donors (Lipinski definition) is 0. The third-order valence-electron chi connectivity index (χ3n) is 0.973. The molecule has 0 saturated heterocycles. The molecule has 0 radical (unpaired) electrons. The van der Waals surface area contributed by atoms with E-state index in [-0.39, 0.29) is 0 Å². The van der Waals surface area contributed by atoms with Crippen LogP contribution >= 0.6 is 0 Å². The second-order valence-electron chi connectivity index (χ2n) is 2.45. The summed E-state index contributed by atoms with van der Waals surface area (Å²) in [4.78, 5) is 20.9. The van der Waals surface area contributed by atoms with Gasteiger partial charge in [0.05, 0.1) is 6.10 Å². The van der Waals surface area contributed by atoms with E-state index >= 15 is 0 Å². The summed E-state index contributed by atoms with van der Waals surface area (Å²) in [7, 11) is 0. The number of alkyl halides is 2. The molecular formula is C7H10F2O3. The van der Waals surface area contributed by atoms with Gasteiger partial charge in [0, 0.05) is 0 Å². The zero-order valence-corrected chi connectivity index (χ0v) is 6.84. The Morgan fingerprint density at radius 3 is 2.25 bits per heavy atom. The second kappa shape index (κ2) is 4.79. The SMILES string of the molecule is CC(C)OC(=O)C(F)C(=O)CF. The number of esters is 1. The highest BCUT2D eigenvalue weighted by Gasteiger charge is 2.27. The van der Waals surface area contributed by atoms with Crippen molar-refractivity contribution >= 4 is 11.8 Å². The van der Waals surface area contributed by atoms with Crippen LogP contribution in [-0.2, 0) is 14.3 Å². The Labute approximate surface area is 68.7 Å². The Bertz CT molecular complexity index is 179. The van der Waals surface area contributed by atoms with Crippen LogP contribution in [0.25, 0.3) is 0 Å². The van der Waals surface area contributed by atoms with Gasteiger partial charge in [-0.2, -0.15) is 0 Å². The van der Waals surface area contributed by atoms with Gasteiger partial charge in [-0.25, -0.2) is 13.6 Å². The van der Waals surface area contributed by atoms with Gasteiger partial charge in [-0.3, -0.25) is 4.79 Å². The van der Waals surface area contributed by atoms with Crippen LogP contribution in [0.3, 0.4) is 0 Å². The molecule has 0 aromatic heterocycles. The molecule has 1 atom stereocenters. The first kappa shape index (κ1) is 11.0. The summed E-state index contributed by atoms with van der Waals surface area (Å²) < 4.78 is 28.4. The molecule has 0 aliphatic heterocycles. The topological polar surface area (TPSA) is 43.4 Å². The van der Waals surface area contributed by atoms with E-state index in [1.807, 2.05) is 0 Å². The minimum Gasteiger partial charge on any atom is -0.460 e. The zero-order valence-electron chi connectivity index (χ0n) is 6.84. The lowest BCUT2D eigenvalue weighted by Crippen LogP contribution is -2.30. The molecule has 0 aliphatic rings. The smallest absolute Gasteiger partial charge is 0.348 e. The molecule has 3 nitrogen and oxygen atoms in total. The maximum Gasteiger partial charge on any atom is 0.348 e. The van der Waals surface area contributed by atoms with Gasteiger partial charge in [0.1, 0.15) is 0 Å². The fraction of sp³-hybridized carbons (Fsp3) is 0.714. The summed E-state index contributed by atoms with van der Waals surface area (Å²) in [6.07, 6.45) is -3.00. The van der Waals surface area contributed by atoms with E-state index in [0.29, 0.717) is 0 Å². The first-order valence-electron chi connectivity index (χ1n) is 3.42. The Balaban J connectivity index is 4.01. The molecule has 70 valence electrons. The van der Waals surface area contributed by atoms with E-state index in [4.69, 9.17) is 0 Å². The van der Waals surface area contributed by atoms with Crippen LogP contribution in [0.1, 0.15) is 13.8 Å². The van der Waals surface area contributed by atoms with Gasteiger partial charge in [0.15, 0.2) is 6.67 Å². The minimum absolute atomic E-state index is 0.511. The number of ketones is 1. The number of ether oxygens (including phenoxy) is 1. The Hall–Kier alpha value is -1.00. The highest BCUT2D eigenvalue weighted by Crippen LogP contribution is 2.00. The minimum atomic E-state index is -2.49. The standard InChI is InChI=1S/C7H10F2O3/c1-4(2)12-7(11)6(9)5(10)3-8/h4,6H,3H2,1-2H3. The molecule has 12 heavy (non-hydrogen) atoms.